The lowest BCUT2D eigenvalue weighted by atomic mass is 9.98. The number of nitrogens with two attached hydrogens (primary N) is 1. The van der Waals surface area contributed by atoms with E-state index in [0.29, 0.717) is 5.92 Å². The Morgan fingerprint density at radius 2 is 1.61 bits per heavy atom. The van der Waals surface area contributed by atoms with Crippen LogP contribution in [0.1, 0.15) is 31.9 Å². The highest BCUT2D eigenvalue weighted by atomic mass is 35.5. The van der Waals surface area contributed by atoms with Gasteiger partial charge in [0.15, 0.2) is 0 Å². The number of halogens is 1. The second kappa shape index (κ2) is 7.17. The molecule has 18 heavy (non-hydrogen) atoms. The van der Waals surface area contributed by atoms with Gasteiger partial charge in [-0.25, -0.2) is 0 Å². The van der Waals surface area contributed by atoms with Crippen LogP contribution in [0.3, 0.4) is 0 Å². The van der Waals surface area contributed by atoms with Crippen molar-refractivity contribution >= 4 is 20.7 Å². The molecule has 0 aliphatic carbocycles. The van der Waals surface area contributed by atoms with Crippen molar-refractivity contribution in [2.75, 3.05) is 0 Å². The summed E-state index contributed by atoms with van der Waals surface area (Å²) in [4.78, 5) is 0. The van der Waals surface area contributed by atoms with Gasteiger partial charge in [0, 0.05) is 6.04 Å². The van der Waals surface area contributed by atoms with Crippen molar-refractivity contribution < 1.29 is 4.43 Å². The summed E-state index contributed by atoms with van der Waals surface area (Å²) in [5, 5.41) is 0. The van der Waals surface area contributed by atoms with Crippen LogP contribution in [0.5, 0.6) is 5.75 Å². The first kappa shape index (κ1) is 17.5. The van der Waals surface area contributed by atoms with E-state index in [1.807, 2.05) is 12.1 Å². The zero-order valence-corrected chi connectivity index (χ0v) is 13.9. The van der Waals surface area contributed by atoms with E-state index in [2.05, 4.69) is 45.6 Å². The van der Waals surface area contributed by atoms with Gasteiger partial charge in [-0.05, 0) is 49.7 Å². The van der Waals surface area contributed by atoms with Gasteiger partial charge in [0.1, 0.15) is 5.75 Å². The molecule has 0 unspecified atom stereocenters. The first-order chi connectivity index (χ1) is 7.78. The third kappa shape index (κ3) is 6.43. The largest absolute Gasteiger partial charge is 0.544 e. The highest BCUT2D eigenvalue weighted by Crippen LogP contribution is 2.22. The van der Waals surface area contributed by atoms with E-state index < -0.39 is 8.32 Å². The van der Waals surface area contributed by atoms with Crippen LogP contribution in [0.4, 0.5) is 0 Å². The van der Waals surface area contributed by atoms with Crippen LogP contribution in [0.2, 0.25) is 19.6 Å². The van der Waals surface area contributed by atoms with E-state index in [4.69, 9.17) is 10.2 Å². The first-order valence-corrected chi connectivity index (χ1v) is 9.73. The number of hydrogen-bond acceptors (Lipinski definition) is 2. The van der Waals surface area contributed by atoms with Crippen LogP contribution < -0.4 is 10.2 Å². The van der Waals surface area contributed by atoms with Gasteiger partial charge in [-0.3, -0.25) is 0 Å². The van der Waals surface area contributed by atoms with Crippen LogP contribution in [0.25, 0.3) is 0 Å². The van der Waals surface area contributed by atoms with E-state index >= 15 is 0 Å². The minimum atomic E-state index is -1.50. The van der Waals surface area contributed by atoms with Crippen molar-refractivity contribution in [1.82, 2.24) is 0 Å². The molecular weight excluding hydrogens is 262 g/mol. The summed E-state index contributed by atoms with van der Waals surface area (Å²) in [6.07, 6.45) is 1.02. The van der Waals surface area contributed by atoms with Crippen LogP contribution in [-0.4, -0.2) is 8.32 Å². The lowest BCUT2D eigenvalue weighted by Crippen LogP contribution is -2.29. The van der Waals surface area contributed by atoms with Gasteiger partial charge in [0.2, 0.25) is 8.32 Å². The van der Waals surface area contributed by atoms with E-state index in [1.54, 1.807) is 0 Å². The molecule has 4 heteroatoms. The maximum atomic E-state index is 6.14. The first-order valence-electron chi connectivity index (χ1n) is 6.32. The SMILES string of the molecule is CC(C)C[C@H](N)c1ccc(O[Si](C)(C)C)cc1.Cl. The van der Waals surface area contributed by atoms with Crippen molar-refractivity contribution in [2.24, 2.45) is 11.7 Å². The molecule has 2 nitrogen and oxygen atoms in total. The molecule has 0 heterocycles. The Bertz CT molecular complexity index is 346. The molecular formula is C14H26ClNOSi. The average Bonchev–Trinajstić information content (AvgIpc) is 2.15. The smallest absolute Gasteiger partial charge is 0.242 e. The van der Waals surface area contributed by atoms with Gasteiger partial charge in [-0.2, -0.15) is 0 Å². The number of rotatable bonds is 5. The molecule has 0 aliphatic heterocycles. The van der Waals surface area contributed by atoms with Crippen molar-refractivity contribution in [3.63, 3.8) is 0 Å². The molecule has 0 spiro atoms. The second-order valence-corrected chi connectivity index (χ2v) is 10.4. The molecule has 1 atom stereocenters. The molecule has 2 N–H and O–H groups in total. The monoisotopic (exact) mass is 287 g/mol. The third-order valence-corrected chi connectivity index (χ3v) is 3.31. The fraction of sp³-hybridized carbons (Fsp3) is 0.571. The fourth-order valence-electron chi connectivity index (χ4n) is 1.78. The predicted molar refractivity (Wildman–Crippen MR) is 84.0 cm³/mol. The van der Waals surface area contributed by atoms with Crippen LogP contribution in [-0.2, 0) is 0 Å². The summed E-state index contributed by atoms with van der Waals surface area (Å²) in [5.74, 6) is 1.59. The van der Waals surface area contributed by atoms with Gasteiger partial charge in [0.05, 0.1) is 0 Å². The standard InChI is InChI=1S/C14H25NOSi.ClH/c1-11(2)10-14(15)12-6-8-13(9-7-12)16-17(3,4)5;/h6-9,11,14H,10,15H2,1-5H3;1H/t14-;/m0./s1. The number of hydrogen-bond donors (Lipinski definition) is 1. The van der Waals surface area contributed by atoms with Gasteiger partial charge in [-0.1, -0.05) is 26.0 Å². The lowest BCUT2D eigenvalue weighted by Gasteiger charge is -2.20. The van der Waals surface area contributed by atoms with E-state index in [-0.39, 0.29) is 18.4 Å². The van der Waals surface area contributed by atoms with Gasteiger partial charge < -0.3 is 10.2 Å². The van der Waals surface area contributed by atoms with Crippen molar-refractivity contribution in [3.05, 3.63) is 29.8 Å². The minimum absolute atomic E-state index is 0. The molecule has 0 aliphatic rings. The fourth-order valence-corrected chi connectivity index (χ4v) is 2.62. The van der Waals surface area contributed by atoms with Crippen LogP contribution >= 0.6 is 12.4 Å². The summed E-state index contributed by atoms with van der Waals surface area (Å²) >= 11 is 0. The minimum Gasteiger partial charge on any atom is -0.544 e. The maximum Gasteiger partial charge on any atom is 0.242 e. The van der Waals surface area contributed by atoms with Crippen LogP contribution in [0, 0.1) is 5.92 Å². The molecule has 0 aromatic heterocycles. The van der Waals surface area contributed by atoms with Crippen molar-refractivity contribution in [2.45, 2.75) is 46.0 Å². The molecule has 0 saturated heterocycles. The highest BCUT2D eigenvalue weighted by Gasteiger charge is 2.16. The second-order valence-electron chi connectivity index (χ2n) is 6.02. The quantitative estimate of drug-likeness (QED) is 0.816. The van der Waals surface area contributed by atoms with E-state index in [9.17, 15) is 0 Å². The Morgan fingerprint density at radius 1 is 1.11 bits per heavy atom. The van der Waals surface area contributed by atoms with Crippen molar-refractivity contribution in [3.8, 4) is 5.75 Å². The normalized spacial score (nSPS) is 13.1. The lowest BCUT2D eigenvalue weighted by molar-refractivity contribution is 0.509. The van der Waals surface area contributed by atoms with E-state index in [1.165, 1.54) is 5.56 Å². The third-order valence-electron chi connectivity index (χ3n) is 2.46. The molecule has 0 saturated carbocycles. The topological polar surface area (TPSA) is 35.2 Å². The summed E-state index contributed by atoms with van der Waals surface area (Å²) < 4.78 is 5.92. The maximum absolute atomic E-state index is 6.14. The molecule has 1 aromatic carbocycles. The summed E-state index contributed by atoms with van der Waals surface area (Å²) in [6.45, 7) is 11.0. The van der Waals surface area contributed by atoms with Gasteiger partial charge in [0.25, 0.3) is 0 Å². The molecule has 0 radical (unpaired) electrons. The Morgan fingerprint density at radius 3 is 2.00 bits per heavy atom. The average molecular weight is 288 g/mol. The summed E-state index contributed by atoms with van der Waals surface area (Å²) in [5.41, 5.74) is 7.34. The summed E-state index contributed by atoms with van der Waals surface area (Å²) in [7, 11) is -1.50. The Kier molecular flexibility index (Phi) is 6.96. The molecule has 0 bridgehead atoms. The predicted octanol–water partition coefficient (Wildman–Crippen LogP) is 4.37. The van der Waals surface area contributed by atoms with Crippen LogP contribution in [0.15, 0.2) is 24.3 Å². The van der Waals surface area contributed by atoms with Gasteiger partial charge in [-0.15, -0.1) is 12.4 Å². The molecule has 0 amide bonds. The van der Waals surface area contributed by atoms with Crippen molar-refractivity contribution in [1.29, 1.82) is 0 Å². The molecule has 0 fully saturated rings. The van der Waals surface area contributed by atoms with E-state index in [0.717, 1.165) is 12.2 Å². The zero-order valence-electron chi connectivity index (χ0n) is 12.1. The Balaban J connectivity index is 0.00000289. The molecule has 1 rings (SSSR count). The number of benzene rings is 1. The highest BCUT2D eigenvalue weighted by molar-refractivity contribution is 6.70. The zero-order chi connectivity index (χ0) is 13.1. The molecule has 1 aromatic rings. The Hall–Kier alpha value is -0.513. The Labute approximate surface area is 118 Å². The molecule has 104 valence electrons. The summed E-state index contributed by atoms with van der Waals surface area (Å²) in [6, 6.07) is 8.38. The van der Waals surface area contributed by atoms with Gasteiger partial charge >= 0.3 is 0 Å².